The molecule has 2 aromatic rings. The highest BCUT2D eigenvalue weighted by molar-refractivity contribution is 7.89. The molecule has 0 aromatic heterocycles. The molecule has 0 saturated carbocycles. The summed E-state index contributed by atoms with van der Waals surface area (Å²) in [5.74, 6) is -2.38. The first-order valence-corrected chi connectivity index (χ1v) is 8.36. The lowest BCUT2D eigenvalue weighted by Crippen LogP contribution is -2.23. The third-order valence-corrected chi connectivity index (χ3v) is 5.35. The van der Waals surface area contributed by atoms with Gasteiger partial charge < -0.3 is 5.32 Å². The van der Waals surface area contributed by atoms with E-state index in [2.05, 4.69) is 5.32 Å². The number of rotatable bonds is 4. The second-order valence-electron chi connectivity index (χ2n) is 5.35. The Morgan fingerprint density at radius 3 is 2.33 bits per heavy atom. The molecule has 0 aliphatic carbocycles. The number of halogens is 2. The van der Waals surface area contributed by atoms with Gasteiger partial charge in [0, 0.05) is 25.7 Å². The Bertz CT molecular complexity index is 896. The second-order valence-corrected chi connectivity index (χ2v) is 7.47. The maximum absolute atomic E-state index is 13.6. The van der Waals surface area contributed by atoms with Crippen molar-refractivity contribution in [3.63, 3.8) is 0 Å². The van der Waals surface area contributed by atoms with Crippen molar-refractivity contribution in [3.8, 4) is 0 Å². The first-order chi connectivity index (χ1) is 11.1. The summed E-state index contributed by atoms with van der Waals surface area (Å²) in [6, 6.07) is 6.89. The Labute approximate surface area is 139 Å². The van der Waals surface area contributed by atoms with Gasteiger partial charge in [-0.3, -0.25) is 4.79 Å². The molecular weight excluding hydrogens is 338 g/mol. The van der Waals surface area contributed by atoms with Gasteiger partial charge in [-0.15, -0.1) is 0 Å². The van der Waals surface area contributed by atoms with Gasteiger partial charge in [0.05, 0.1) is 10.6 Å². The minimum absolute atomic E-state index is 0.0141. The predicted molar refractivity (Wildman–Crippen MR) is 86.4 cm³/mol. The minimum atomic E-state index is -3.72. The van der Waals surface area contributed by atoms with Gasteiger partial charge in [-0.05, 0) is 36.8 Å². The van der Waals surface area contributed by atoms with Crippen LogP contribution in [0.1, 0.15) is 15.9 Å². The smallest absolute Gasteiger partial charge is 0.255 e. The zero-order chi connectivity index (χ0) is 18.1. The Morgan fingerprint density at radius 1 is 1.08 bits per heavy atom. The van der Waals surface area contributed by atoms with Crippen LogP contribution in [0.4, 0.5) is 14.5 Å². The standard InChI is InChI=1S/C16H16F2N2O3S/c1-10-4-5-11(8-15(10)24(22,23)20(2)3)16(21)19-14-7-6-12(17)9-13(14)18/h4-9H,1-3H3,(H,19,21). The summed E-state index contributed by atoms with van der Waals surface area (Å²) in [6.45, 7) is 1.61. The lowest BCUT2D eigenvalue weighted by atomic mass is 10.1. The number of anilines is 1. The van der Waals surface area contributed by atoms with E-state index >= 15 is 0 Å². The quantitative estimate of drug-likeness (QED) is 0.918. The van der Waals surface area contributed by atoms with E-state index in [0.29, 0.717) is 11.6 Å². The molecule has 0 atom stereocenters. The zero-order valence-corrected chi connectivity index (χ0v) is 14.1. The number of sulfonamides is 1. The van der Waals surface area contributed by atoms with Gasteiger partial charge >= 0.3 is 0 Å². The number of nitrogens with one attached hydrogen (secondary N) is 1. The lowest BCUT2D eigenvalue weighted by Gasteiger charge is -2.15. The first-order valence-electron chi connectivity index (χ1n) is 6.92. The fourth-order valence-electron chi connectivity index (χ4n) is 2.00. The fraction of sp³-hybridized carbons (Fsp3) is 0.188. The van der Waals surface area contributed by atoms with E-state index in [1.807, 2.05) is 0 Å². The Balaban J connectivity index is 2.37. The molecule has 24 heavy (non-hydrogen) atoms. The molecule has 0 heterocycles. The summed E-state index contributed by atoms with van der Waals surface area (Å²) in [5.41, 5.74) is 0.331. The molecule has 0 spiro atoms. The molecule has 0 saturated heterocycles. The van der Waals surface area contributed by atoms with Crippen molar-refractivity contribution in [1.29, 1.82) is 0 Å². The highest BCUT2D eigenvalue weighted by Gasteiger charge is 2.21. The van der Waals surface area contributed by atoms with Crippen LogP contribution in [-0.4, -0.2) is 32.7 Å². The number of carbonyl (C=O) groups excluding carboxylic acids is 1. The highest BCUT2D eigenvalue weighted by Crippen LogP contribution is 2.21. The van der Waals surface area contributed by atoms with Crippen molar-refractivity contribution >= 4 is 21.6 Å². The van der Waals surface area contributed by atoms with Crippen LogP contribution in [0.15, 0.2) is 41.3 Å². The van der Waals surface area contributed by atoms with Gasteiger partial charge in [-0.25, -0.2) is 21.5 Å². The van der Waals surface area contributed by atoms with E-state index in [1.54, 1.807) is 6.92 Å². The normalized spacial score (nSPS) is 11.6. The van der Waals surface area contributed by atoms with Crippen LogP contribution < -0.4 is 5.32 Å². The summed E-state index contributed by atoms with van der Waals surface area (Å²) >= 11 is 0. The molecule has 8 heteroatoms. The van der Waals surface area contributed by atoms with Crippen molar-refractivity contribution in [2.75, 3.05) is 19.4 Å². The molecule has 2 aromatic carbocycles. The maximum Gasteiger partial charge on any atom is 0.255 e. The summed E-state index contributed by atoms with van der Waals surface area (Å²) in [7, 11) is -0.952. The Morgan fingerprint density at radius 2 is 1.75 bits per heavy atom. The minimum Gasteiger partial charge on any atom is -0.319 e. The van der Waals surface area contributed by atoms with Crippen LogP contribution in [-0.2, 0) is 10.0 Å². The van der Waals surface area contributed by atoms with Crippen molar-refractivity contribution in [2.24, 2.45) is 0 Å². The topological polar surface area (TPSA) is 66.5 Å². The number of amides is 1. The molecule has 1 amide bonds. The summed E-state index contributed by atoms with van der Waals surface area (Å²) in [4.78, 5) is 12.2. The Kier molecular flexibility index (Phi) is 5.00. The molecule has 0 bridgehead atoms. The van der Waals surface area contributed by atoms with Crippen LogP contribution in [0.25, 0.3) is 0 Å². The largest absolute Gasteiger partial charge is 0.319 e. The van der Waals surface area contributed by atoms with E-state index in [4.69, 9.17) is 0 Å². The molecule has 5 nitrogen and oxygen atoms in total. The first kappa shape index (κ1) is 18.0. The molecule has 0 aliphatic heterocycles. The van der Waals surface area contributed by atoms with Gasteiger partial charge in [0.25, 0.3) is 5.91 Å². The third-order valence-electron chi connectivity index (χ3n) is 3.39. The highest BCUT2D eigenvalue weighted by atomic mass is 32.2. The molecule has 0 unspecified atom stereocenters. The molecule has 0 aliphatic rings. The van der Waals surface area contributed by atoms with Crippen molar-refractivity contribution in [2.45, 2.75) is 11.8 Å². The van der Waals surface area contributed by atoms with Gasteiger partial charge in [-0.2, -0.15) is 0 Å². The van der Waals surface area contributed by atoms with Crippen LogP contribution in [0, 0.1) is 18.6 Å². The molecule has 0 radical (unpaired) electrons. The number of hydrogen-bond donors (Lipinski definition) is 1. The van der Waals surface area contributed by atoms with Gasteiger partial charge in [-0.1, -0.05) is 6.07 Å². The third kappa shape index (κ3) is 3.60. The van der Waals surface area contributed by atoms with Crippen LogP contribution in [0.3, 0.4) is 0 Å². The number of aryl methyl sites for hydroxylation is 1. The van der Waals surface area contributed by atoms with E-state index < -0.39 is 27.6 Å². The van der Waals surface area contributed by atoms with Crippen LogP contribution >= 0.6 is 0 Å². The number of carbonyl (C=O) groups is 1. The SMILES string of the molecule is Cc1ccc(C(=O)Nc2ccc(F)cc2F)cc1S(=O)(=O)N(C)C. The van der Waals surface area contributed by atoms with Crippen LogP contribution in [0.2, 0.25) is 0 Å². The number of nitrogens with zero attached hydrogens (tertiary/aromatic N) is 1. The predicted octanol–water partition coefficient (Wildman–Crippen LogP) is 2.78. The average molecular weight is 354 g/mol. The summed E-state index contributed by atoms with van der Waals surface area (Å²) in [5, 5.41) is 2.29. The zero-order valence-electron chi connectivity index (χ0n) is 13.3. The van der Waals surface area contributed by atoms with E-state index in [1.165, 1.54) is 32.3 Å². The second kappa shape index (κ2) is 6.66. The molecule has 128 valence electrons. The molecule has 2 rings (SSSR count). The molecule has 1 N–H and O–H groups in total. The van der Waals surface area contributed by atoms with E-state index in [-0.39, 0.29) is 16.1 Å². The van der Waals surface area contributed by atoms with E-state index in [9.17, 15) is 22.0 Å². The Hall–Kier alpha value is -2.32. The lowest BCUT2D eigenvalue weighted by molar-refractivity contribution is 0.102. The molecular formula is C16H16F2N2O3S. The van der Waals surface area contributed by atoms with Gasteiger partial charge in [0.2, 0.25) is 10.0 Å². The number of hydrogen-bond acceptors (Lipinski definition) is 3. The maximum atomic E-state index is 13.6. The van der Waals surface area contributed by atoms with Gasteiger partial charge in [0.1, 0.15) is 11.6 Å². The van der Waals surface area contributed by atoms with Crippen molar-refractivity contribution in [1.82, 2.24) is 4.31 Å². The summed E-state index contributed by atoms with van der Waals surface area (Å²) < 4.78 is 52.1. The van der Waals surface area contributed by atoms with Crippen LogP contribution in [0.5, 0.6) is 0 Å². The van der Waals surface area contributed by atoms with E-state index in [0.717, 1.165) is 16.4 Å². The average Bonchev–Trinajstić information content (AvgIpc) is 2.50. The fourth-order valence-corrected chi connectivity index (χ4v) is 3.15. The van der Waals surface area contributed by atoms with Crippen molar-refractivity contribution in [3.05, 3.63) is 59.2 Å². The monoisotopic (exact) mass is 354 g/mol. The van der Waals surface area contributed by atoms with Gasteiger partial charge in [0.15, 0.2) is 0 Å². The summed E-state index contributed by atoms with van der Waals surface area (Å²) in [6.07, 6.45) is 0. The number of benzene rings is 2. The molecule has 0 fully saturated rings. The van der Waals surface area contributed by atoms with Crippen molar-refractivity contribution < 1.29 is 22.0 Å².